The van der Waals surface area contributed by atoms with Gasteiger partial charge in [0.05, 0.1) is 13.2 Å². The van der Waals surface area contributed by atoms with E-state index in [9.17, 15) is 4.79 Å². The van der Waals surface area contributed by atoms with Crippen LogP contribution in [0.3, 0.4) is 0 Å². The molecule has 1 aliphatic heterocycles. The summed E-state index contributed by atoms with van der Waals surface area (Å²) in [5, 5.41) is 8.49. The van der Waals surface area contributed by atoms with Crippen LogP contribution < -0.4 is 0 Å². The third kappa shape index (κ3) is 2.32. The SMILES string of the molecule is CC(=CC1COOC1)C(=O)O. The zero-order chi connectivity index (χ0) is 8.27. The van der Waals surface area contributed by atoms with E-state index in [1.54, 1.807) is 13.0 Å². The fraction of sp³-hybridized carbons (Fsp3) is 0.571. The number of aliphatic carboxylic acids is 1. The van der Waals surface area contributed by atoms with Gasteiger partial charge in [0, 0.05) is 11.5 Å². The smallest absolute Gasteiger partial charge is 0.330 e. The molecule has 4 nitrogen and oxygen atoms in total. The first-order valence-corrected chi connectivity index (χ1v) is 3.36. The van der Waals surface area contributed by atoms with Gasteiger partial charge in [-0.25, -0.2) is 14.6 Å². The Balaban J connectivity index is 2.49. The Labute approximate surface area is 64.3 Å². The van der Waals surface area contributed by atoms with E-state index < -0.39 is 5.97 Å². The highest BCUT2D eigenvalue weighted by Crippen LogP contribution is 2.11. The van der Waals surface area contributed by atoms with Gasteiger partial charge < -0.3 is 5.11 Å². The first kappa shape index (κ1) is 8.23. The number of hydrogen-bond acceptors (Lipinski definition) is 3. The first-order chi connectivity index (χ1) is 5.20. The maximum atomic E-state index is 10.3. The molecule has 1 aliphatic rings. The van der Waals surface area contributed by atoms with Gasteiger partial charge in [-0.3, -0.25) is 0 Å². The molecular formula is C7H10O4. The number of rotatable bonds is 2. The lowest BCUT2D eigenvalue weighted by Crippen LogP contribution is -2.04. The average molecular weight is 158 g/mol. The molecule has 0 aromatic carbocycles. The van der Waals surface area contributed by atoms with Crippen molar-refractivity contribution in [1.82, 2.24) is 0 Å². The van der Waals surface area contributed by atoms with Crippen molar-refractivity contribution in [3.05, 3.63) is 11.6 Å². The largest absolute Gasteiger partial charge is 0.478 e. The zero-order valence-electron chi connectivity index (χ0n) is 6.24. The molecule has 1 rings (SSSR count). The van der Waals surface area contributed by atoms with E-state index in [0.29, 0.717) is 18.8 Å². The van der Waals surface area contributed by atoms with E-state index in [0.717, 1.165) is 0 Å². The highest BCUT2D eigenvalue weighted by Gasteiger charge is 2.15. The van der Waals surface area contributed by atoms with Crippen LogP contribution in [0.1, 0.15) is 6.92 Å². The summed E-state index contributed by atoms with van der Waals surface area (Å²) in [6, 6.07) is 0. The van der Waals surface area contributed by atoms with Gasteiger partial charge >= 0.3 is 5.97 Å². The monoisotopic (exact) mass is 158 g/mol. The maximum absolute atomic E-state index is 10.3. The Morgan fingerprint density at radius 3 is 2.55 bits per heavy atom. The van der Waals surface area contributed by atoms with Crippen LogP contribution in [0.4, 0.5) is 0 Å². The lowest BCUT2D eigenvalue weighted by Gasteiger charge is -1.97. The Bertz CT molecular complexity index is 179. The number of carboxylic acids is 1. The number of carboxylic acid groups (broad SMARTS) is 1. The van der Waals surface area contributed by atoms with E-state index >= 15 is 0 Å². The Morgan fingerprint density at radius 1 is 1.55 bits per heavy atom. The molecule has 0 bridgehead atoms. The van der Waals surface area contributed by atoms with Crippen LogP contribution in [-0.2, 0) is 14.6 Å². The van der Waals surface area contributed by atoms with Crippen molar-refractivity contribution in [1.29, 1.82) is 0 Å². The number of hydrogen-bond donors (Lipinski definition) is 1. The minimum Gasteiger partial charge on any atom is -0.478 e. The van der Waals surface area contributed by atoms with Crippen molar-refractivity contribution in [2.24, 2.45) is 5.92 Å². The molecule has 1 saturated heterocycles. The highest BCUT2D eigenvalue weighted by atomic mass is 17.2. The molecule has 0 aliphatic carbocycles. The molecule has 0 saturated carbocycles. The van der Waals surface area contributed by atoms with Gasteiger partial charge in [0.25, 0.3) is 0 Å². The molecule has 0 amide bonds. The molecule has 1 fully saturated rings. The summed E-state index contributed by atoms with van der Waals surface area (Å²) in [6.45, 7) is 2.45. The van der Waals surface area contributed by atoms with Crippen LogP contribution in [0.2, 0.25) is 0 Å². The quantitative estimate of drug-likeness (QED) is 0.472. The molecule has 1 heterocycles. The van der Waals surface area contributed by atoms with Crippen molar-refractivity contribution < 1.29 is 19.7 Å². The maximum Gasteiger partial charge on any atom is 0.330 e. The Morgan fingerprint density at radius 2 is 2.09 bits per heavy atom. The van der Waals surface area contributed by atoms with E-state index in [1.807, 2.05) is 0 Å². The van der Waals surface area contributed by atoms with Crippen molar-refractivity contribution in [2.45, 2.75) is 6.92 Å². The van der Waals surface area contributed by atoms with Gasteiger partial charge in [0.2, 0.25) is 0 Å². The highest BCUT2D eigenvalue weighted by molar-refractivity contribution is 5.85. The Kier molecular flexibility index (Phi) is 2.62. The standard InChI is InChI=1S/C7H10O4/c1-5(7(8)9)2-6-3-10-11-4-6/h2,6H,3-4H2,1H3,(H,8,9). The summed E-state index contributed by atoms with van der Waals surface area (Å²) in [6.07, 6.45) is 1.65. The predicted octanol–water partition coefficient (Wildman–Crippen LogP) is 0.595. The minimum absolute atomic E-state index is 0.0890. The number of carbonyl (C=O) groups is 1. The van der Waals surface area contributed by atoms with Crippen LogP contribution in [0.15, 0.2) is 11.6 Å². The molecule has 0 radical (unpaired) electrons. The third-order valence-electron chi connectivity index (χ3n) is 1.47. The summed E-state index contributed by atoms with van der Waals surface area (Å²) in [4.78, 5) is 19.5. The zero-order valence-corrected chi connectivity index (χ0v) is 6.24. The molecule has 1 N–H and O–H groups in total. The van der Waals surface area contributed by atoms with Gasteiger partial charge in [0.1, 0.15) is 0 Å². The van der Waals surface area contributed by atoms with E-state index in [1.165, 1.54) is 0 Å². The fourth-order valence-electron chi connectivity index (χ4n) is 0.840. The summed E-state index contributed by atoms with van der Waals surface area (Å²) in [5.74, 6) is -0.803. The average Bonchev–Trinajstić information content (AvgIpc) is 2.39. The molecule has 0 atom stereocenters. The predicted molar refractivity (Wildman–Crippen MR) is 36.8 cm³/mol. The summed E-state index contributed by atoms with van der Waals surface area (Å²) >= 11 is 0. The lowest BCUT2D eigenvalue weighted by atomic mass is 10.1. The summed E-state index contributed by atoms with van der Waals surface area (Å²) < 4.78 is 0. The van der Waals surface area contributed by atoms with Crippen LogP contribution in [0.25, 0.3) is 0 Å². The van der Waals surface area contributed by atoms with E-state index in [2.05, 4.69) is 9.78 Å². The van der Waals surface area contributed by atoms with Crippen molar-refractivity contribution in [2.75, 3.05) is 13.2 Å². The first-order valence-electron chi connectivity index (χ1n) is 3.36. The molecule has 0 aromatic heterocycles. The third-order valence-corrected chi connectivity index (χ3v) is 1.47. The van der Waals surface area contributed by atoms with Gasteiger partial charge in [-0.1, -0.05) is 6.08 Å². The van der Waals surface area contributed by atoms with Crippen LogP contribution >= 0.6 is 0 Å². The van der Waals surface area contributed by atoms with Crippen LogP contribution in [0, 0.1) is 5.92 Å². The van der Waals surface area contributed by atoms with Gasteiger partial charge in [0.15, 0.2) is 0 Å². The molecule has 4 heteroatoms. The molecule has 62 valence electrons. The second-order valence-electron chi connectivity index (χ2n) is 2.48. The topological polar surface area (TPSA) is 55.8 Å². The van der Waals surface area contributed by atoms with Crippen molar-refractivity contribution in [3.63, 3.8) is 0 Å². The van der Waals surface area contributed by atoms with Crippen LogP contribution in [-0.4, -0.2) is 24.3 Å². The lowest BCUT2D eigenvalue weighted by molar-refractivity contribution is -0.248. The van der Waals surface area contributed by atoms with E-state index in [4.69, 9.17) is 5.11 Å². The van der Waals surface area contributed by atoms with Crippen molar-refractivity contribution >= 4 is 5.97 Å². The second kappa shape index (κ2) is 3.50. The summed E-state index contributed by atoms with van der Waals surface area (Å²) in [5.41, 5.74) is 0.337. The van der Waals surface area contributed by atoms with Crippen LogP contribution in [0.5, 0.6) is 0 Å². The molecule has 11 heavy (non-hydrogen) atoms. The van der Waals surface area contributed by atoms with Gasteiger partial charge in [-0.15, -0.1) is 0 Å². The minimum atomic E-state index is -0.892. The Hall–Kier alpha value is -0.870. The van der Waals surface area contributed by atoms with E-state index in [-0.39, 0.29) is 5.92 Å². The molecule has 0 unspecified atom stereocenters. The molecule has 0 aromatic rings. The molecular weight excluding hydrogens is 148 g/mol. The second-order valence-corrected chi connectivity index (χ2v) is 2.48. The molecule has 0 spiro atoms. The van der Waals surface area contributed by atoms with Crippen molar-refractivity contribution in [3.8, 4) is 0 Å². The van der Waals surface area contributed by atoms with Gasteiger partial charge in [-0.05, 0) is 6.92 Å². The fourth-order valence-corrected chi connectivity index (χ4v) is 0.840. The summed E-state index contributed by atoms with van der Waals surface area (Å²) in [7, 11) is 0. The normalized spacial score (nSPS) is 20.6. The van der Waals surface area contributed by atoms with Gasteiger partial charge in [-0.2, -0.15) is 0 Å².